The molecule has 10 heteroatoms. The number of aromatic nitrogens is 2. The van der Waals surface area contributed by atoms with Crippen LogP contribution in [0.15, 0.2) is 60.8 Å². The molecule has 3 aromatic rings. The van der Waals surface area contributed by atoms with Crippen LogP contribution >= 0.6 is 0 Å². The van der Waals surface area contributed by atoms with Crippen LogP contribution in [0, 0.1) is 0 Å². The van der Waals surface area contributed by atoms with Gasteiger partial charge < -0.3 is 16.0 Å². The minimum absolute atomic E-state index is 0.0372. The van der Waals surface area contributed by atoms with Crippen molar-refractivity contribution < 1.29 is 13.2 Å². The number of primary amides is 1. The normalized spacial score (nSPS) is 11.7. The summed E-state index contributed by atoms with van der Waals surface area (Å²) in [6.07, 6.45) is 2.85. The number of urea groups is 1. The molecular weight excluding hydrogens is 452 g/mol. The Kier molecular flexibility index (Phi) is 7.11. The van der Waals surface area contributed by atoms with Gasteiger partial charge in [0.15, 0.2) is 9.84 Å². The number of rotatable bonds is 7. The second kappa shape index (κ2) is 9.68. The molecule has 0 bridgehead atoms. The van der Waals surface area contributed by atoms with Gasteiger partial charge >= 0.3 is 6.03 Å². The Hall–Kier alpha value is -3.66. The van der Waals surface area contributed by atoms with E-state index in [1.807, 2.05) is 63.1 Å². The van der Waals surface area contributed by atoms with Crippen molar-refractivity contribution in [1.29, 1.82) is 0 Å². The Morgan fingerprint density at radius 1 is 1.06 bits per heavy atom. The van der Waals surface area contributed by atoms with Gasteiger partial charge in [-0.3, -0.25) is 4.90 Å². The minimum Gasteiger partial charge on any atom is -0.351 e. The fourth-order valence-corrected chi connectivity index (χ4v) is 4.35. The summed E-state index contributed by atoms with van der Waals surface area (Å²) in [4.78, 5) is 24.2. The van der Waals surface area contributed by atoms with Crippen LogP contribution in [0.2, 0.25) is 0 Å². The third-order valence-corrected chi connectivity index (χ3v) is 5.84. The molecule has 34 heavy (non-hydrogen) atoms. The van der Waals surface area contributed by atoms with Crippen LogP contribution in [0.5, 0.6) is 0 Å². The Morgan fingerprint density at radius 3 is 2.29 bits per heavy atom. The van der Waals surface area contributed by atoms with Crippen LogP contribution in [0.3, 0.4) is 0 Å². The number of nitrogens with zero attached hydrogens (tertiary/aromatic N) is 4. The van der Waals surface area contributed by atoms with Crippen LogP contribution in [0.25, 0.3) is 0 Å². The molecule has 1 aromatic heterocycles. The average molecular weight is 483 g/mol. The van der Waals surface area contributed by atoms with E-state index >= 15 is 0 Å². The third kappa shape index (κ3) is 6.44. The van der Waals surface area contributed by atoms with Crippen molar-refractivity contribution >= 4 is 44.7 Å². The summed E-state index contributed by atoms with van der Waals surface area (Å²) in [6, 6.07) is 15.9. The lowest BCUT2D eigenvalue weighted by Crippen LogP contribution is -2.48. The molecule has 0 atom stereocenters. The zero-order valence-electron chi connectivity index (χ0n) is 20.0. The second-order valence-corrected chi connectivity index (χ2v) is 11.2. The summed E-state index contributed by atoms with van der Waals surface area (Å²) in [5.74, 6) is 0.995. The molecule has 3 rings (SSSR count). The van der Waals surface area contributed by atoms with Crippen molar-refractivity contribution in [2.24, 2.45) is 5.73 Å². The molecular formula is C24H30N6O3S. The second-order valence-electron chi connectivity index (χ2n) is 9.05. The number of benzene rings is 2. The standard InChI is InChI=1S/C24H30N6O3S/c1-24(2,3)30(22(25)31)20-11-9-19(10-12-20)29(4)21-13-14-26-23(28-21)27-18-8-6-7-17(15-18)16-34(5,32)33/h6-15H,16H2,1-5H3,(H2,25,31)(H,26,27,28). The van der Waals surface area contributed by atoms with Crippen molar-refractivity contribution in [1.82, 2.24) is 9.97 Å². The van der Waals surface area contributed by atoms with E-state index in [0.29, 0.717) is 28.7 Å². The number of carbonyl (C=O) groups is 1. The lowest BCUT2D eigenvalue weighted by molar-refractivity contribution is 0.249. The summed E-state index contributed by atoms with van der Waals surface area (Å²) in [5, 5.41) is 3.13. The highest BCUT2D eigenvalue weighted by atomic mass is 32.2. The topological polar surface area (TPSA) is 122 Å². The van der Waals surface area contributed by atoms with Crippen molar-refractivity contribution in [3.63, 3.8) is 0 Å². The van der Waals surface area contributed by atoms with Crippen LogP contribution in [-0.4, -0.2) is 43.3 Å². The van der Waals surface area contributed by atoms with E-state index in [1.165, 1.54) is 6.26 Å². The van der Waals surface area contributed by atoms with Crippen LogP contribution < -0.4 is 20.9 Å². The highest BCUT2D eigenvalue weighted by Gasteiger charge is 2.26. The molecule has 0 aliphatic rings. The fraction of sp³-hybridized carbons (Fsp3) is 0.292. The average Bonchev–Trinajstić information content (AvgIpc) is 2.72. The van der Waals surface area contributed by atoms with Crippen molar-refractivity contribution in [3.8, 4) is 0 Å². The SMILES string of the molecule is CN(c1ccc(N(C(N)=O)C(C)(C)C)cc1)c1ccnc(Nc2cccc(CS(C)(=O)=O)c2)n1. The smallest absolute Gasteiger partial charge is 0.319 e. The maximum atomic E-state index is 11.9. The van der Waals surface area contributed by atoms with E-state index in [9.17, 15) is 13.2 Å². The Morgan fingerprint density at radius 2 is 1.71 bits per heavy atom. The maximum Gasteiger partial charge on any atom is 0.319 e. The summed E-state index contributed by atoms with van der Waals surface area (Å²) in [7, 11) is -1.25. The monoisotopic (exact) mass is 482 g/mol. The molecule has 0 spiro atoms. The van der Waals surface area contributed by atoms with Crippen molar-refractivity contribution in [3.05, 3.63) is 66.4 Å². The van der Waals surface area contributed by atoms with Crippen molar-refractivity contribution in [2.45, 2.75) is 32.1 Å². The molecule has 1 heterocycles. The molecule has 3 N–H and O–H groups in total. The van der Waals surface area contributed by atoms with E-state index in [2.05, 4.69) is 15.3 Å². The van der Waals surface area contributed by atoms with Gasteiger partial charge in [0.05, 0.1) is 5.75 Å². The lowest BCUT2D eigenvalue weighted by Gasteiger charge is -2.34. The molecule has 0 fully saturated rings. The van der Waals surface area contributed by atoms with E-state index in [0.717, 1.165) is 5.69 Å². The molecule has 0 radical (unpaired) electrons. The Balaban J connectivity index is 1.79. The van der Waals surface area contributed by atoms with E-state index < -0.39 is 21.4 Å². The quantitative estimate of drug-likeness (QED) is 0.517. The molecule has 0 saturated heterocycles. The molecule has 0 aliphatic heterocycles. The molecule has 0 aliphatic carbocycles. The summed E-state index contributed by atoms with van der Waals surface area (Å²) in [5.41, 5.74) is 8.08. The number of amides is 2. The van der Waals surface area contributed by atoms with E-state index in [4.69, 9.17) is 5.73 Å². The first-order chi connectivity index (χ1) is 15.8. The summed E-state index contributed by atoms with van der Waals surface area (Å²) < 4.78 is 23.2. The Bertz CT molecular complexity index is 1270. The maximum absolute atomic E-state index is 11.9. The highest BCUT2D eigenvalue weighted by Crippen LogP contribution is 2.29. The van der Waals surface area contributed by atoms with Crippen LogP contribution in [-0.2, 0) is 15.6 Å². The van der Waals surface area contributed by atoms with Crippen LogP contribution in [0.4, 0.5) is 33.6 Å². The largest absolute Gasteiger partial charge is 0.351 e. The van der Waals surface area contributed by atoms with Gasteiger partial charge in [-0.15, -0.1) is 0 Å². The highest BCUT2D eigenvalue weighted by molar-refractivity contribution is 7.89. The number of hydrogen-bond acceptors (Lipinski definition) is 7. The lowest BCUT2D eigenvalue weighted by atomic mass is 10.1. The first-order valence-corrected chi connectivity index (χ1v) is 12.7. The number of anilines is 5. The zero-order valence-corrected chi connectivity index (χ0v) is 20.8. The first-order valence-electron chi connectivity index (χ1n) is 10.6. The minimum atomic E-state index is -3.13. The molecule has 2 aromatic carbocycles. The number of nitrogens with two attached hydrogens (primary N) is 1. The van der Waals surface area contributed by atoms with Gasteiger partial charge in [-0.25, -0.2) is 18.2 Å². The van der Waals surface area contributed by atoms with Gasteiger partial charge in [0.1, 0.15) is 5.82 Å². The molecule has 0 saturated carbocycles. The number of sulfone groups is 1. The fourth-order valence-electron chi connectivity index (χ4n) is 3.57. The third-order valence-electron chi connectivity index (χ3n) is 4.98. The molecule has 9 nitrogen and oxygen atoms in total. The predicted octanol–water partition coefficient (Wildman–Crippen LogP) is 4.22. The van der Waals surface area contributed by atoms with Gasteiger partial charge in [-0.1, -0.05) is 12.1 Å². The summed E-state index contributed by atoms with van der Waals surface area (Å²) >= 11 is 0. The van der Waals surface area contributed by atoms with Gasteiger partial charge in [0.2, 0.25) is 5.95 Å². The Labute approximate surface area is 200 Å². The van der Waals surface area contributed by atoms with Gasteiger partial charge in [0, 0.05) is 42.1 Å². The van der Waals surface area contributed by atoms with Crippen molar-refractivity contribution in [2.75, 3.05) is 28.4 Å². The zero-order chi connectivity index (χ0) is 25.1. The summed E-state index contributed by atoms with van der Waals surface area (Å²) in [6.45, 7) is 5.76. The van der Waals surface area contributed by atoms with E-state index in [-0.39, 0.29) is 5.75 Å². The van der Waals surface area contributed by atoms with Gasteiger partial charge in [-0.05, 0) is 68.8 Å². The molecule has 0 unspecified atom stereocenters. The number of nitrogens with one attached hydrogen (secondary N) is 1. The predicted molar refractivity (Wildman–Crippen MR) is 137 cm³/mol. The molecule has 2 amide bonds. The first kappa shape index (κ1) is 25.0. The van der Waals surface area contributed by atoms with E-state index in [1.54, 1.807) is 35.4 Å². The molecule has 180 valence electrons. The van der Waals surface area contributed by atoms with Crippen LogP contribution in [0.1, 0.15) is 26.3 Å². The van der Waals surface area contributed by atoms with Gasteiger partial charge in [0.25, 0.3) is 0 Å². The number of carbonyl (C=O) groups excluding carboxylic acids is 1. The number of hydrogen-bond donors (Lipinski definition) is 2. The van der Waals surface area contributed by atoms with Gasteiger partial charge in [-0.2, -0.15) is 4.98 Å².